The van der Waals surface area contributed by atoms with Gasteiger partial charge in [0.05, 0.1) is 33.9 Å². The van der Waals surface area contributed by atoms with Gasteiger partial charge in [-0.15, -0.1) is 0 Å². The van der Waals surface area contributed by atoms with Gasteiger partial charge in [-0.2, -0.15) is 0 Å². The molecule has 0 spiro atoms. The quantitative estimate of drug-likeness (QED) is 0.0162. The zero-order chi connectivity index (χ0) is 43.7. The monoisotopic (exact) mass is 844 g/mol. The van der Waals surface area contributed by atoms with Crippen molar-refractivity contribution in [2.45, 2.75) is 135 Å². The van der Waals surface area contributed by atoms with Crippen molar-refractivity contribution in [2.75, 3.05) is 47.5 Å². The van der Waals surface area contributed by atoms with E-state index in [1.165, 1.54) is 0 Å². The van der Waals surface area contributed by atoms with Gasteiger partial charge in [0.2, 0.25) is 0 Å². The largest absolute Gasteiger partial charge is 0.756 e. The number of unbranched alkanes of at least 4 members (excludes halogenated alkanes) is 4. The van der Waals surface area contributed by atoms with Gasteiger partial charge in [-0.1, -0.05) is 136 Å². The number of quaternary nitrogens is 1. The Morgan fingerprint density at radius 2 is 1.14 bits per heavy atom. The Hall–Kier alpha value is -3.37. The van der Waals surface area contributed by atoms with Crippen LogP contribution in [0.1, 0.15) is 123 Å². The number of aliphatic hydroxyl groups excluding tert-OH is 1. The van der Waals surface area contributed by atoms with Crippen LogP contribution in [0.15, 0.2) is 109 Å². The molecule has 1 N–H and O–H groups in total. The van der Waals surface area contributed by atoms with Crippen LogP contribution in [0.4, 0.5) is 0 Å². The number of carbonyl (C=O) groups excluding carboxylic acids is 2. The fraction of sp³-hybridized carbons (Fsp3) is 0.583. The van der Waals surface area contributed by atoms with Crippen LogP contribution >= 0.6 is 7.82 Å². The van der Waals surface area contributed by atoms with Crippen LogP contribution in [-0.4, -0.2) is 81.2 Å². The second-order valence-electron chi connectivity index (χ2n) is 15.1. The highest BCUT2D eigenvalue weighted by atomic mass is 31.2. The number of aliphatic hydroxyl groups is 1. The summed E-state index contributed by atoms with van der Waals surface area (Å²) in [5, 5.41) is 10.3. The van der Waals surface area contributed by atoms with Crippen molar-refractivity contribution >= 4 is 19.8 Å². The van der Waals surface area contributed by atoms with E-state index in [0.29, 0.717) is 30.3 Å². The van der Waals surface area contributed by atoms with Gasteiger partial charge >= 0.3 is 11.9 Å². The number of hydrogen-bond acceptors (Lipinski definition) is 9. The number of likely N-dealkylation sites (N-methyl/N-ethyl adjacent to an activating group) is 1. The Morgan fingerprint density at radius 3 is 1.69 bits per heavy atom. The summed E-state index contributed by atoms with van der Waals surface area (Å²) in [6, 6.07) is 0. The lowest BCUT2D eigenvalue weighted by Gasteiger charge is -2.28. The molecule has 0 bridgehead atoms. The first-order valence-electron chi connectivity index (χ1n) is 21.7. The predicted molar refractivity (Wildman–Crippen MR) is 241 cm³/mol. The summed E-state index contributed by atoms with van der Waals surface area (Å²) < 4.78 is 33.7. The molecule has 0 aromatic rings. The van der Waals surface area contributed by atoms with Gasteiger partial charge in [-0.05, 0) is 83.5 Å². The minimum Gasteiger partial charge on any atom is -0.756 e. The van der Waals surface area contributed by atoms with Crippen LogP contribution in [0.2, 0.25) is 0 Å². The summed E-state index contributed by atoms with van der Waals surface area (Å²) in [5.41, 5.74) is 0. The molecule has 0 heterocycles. The first-order chi connectivity index (χ1) is 28.4. The van der Waals surface area contributed by atoms with E-state index in [0.717, 1.165) is 77.0 Å². The van der Waals surface area contributed by atoms with Crippen molar-refractivity contribution in [3.63, 3.8) is 0 Å². The summed E-state index contributed by atoms with van der Waals surface area (Å²) in [6.07, 6.45) is 48.6. The maximum absolute atomic E-state index is 12.7. The van der Waals surface area contributed by atoms with Crippen molar-refractivity contribution in [3.05, 3.63) is 109 Å². The summed E-state index contributed by atoms with van der Waals surface area (Å²) in [6.45, 7) is 3.70. The minimum absolute atomic E-state index is 0.0333. The summed E-state index contributed by atoms with van der Waals surface area (Å²) in [5.74, 6) is -1.08. The number of hydrogen-bond donors (Lipinski definition) is 1. The topological polar surface area (TPSA) is 131 Å². The number of nitrogens with zero attached hydrogens (tertiary/aromatic N) is 1. The molecule has 0 fully saturated rings. The Kier molecular flexibility index (Phi) is 36.6. The zero-order valence-corrected chi connectivity index (χ0v) is 37.9. The fourth-order valence-corrected chi connectivity index (χ4v) is 5.75. The van der Waals surface area contributed by atoms with Crippen molar-refractivity contribution in [1.82, 2.24) is 0 Å². The number of carbonyl (C=O) groups is 2. The van der Waals surface area contributed by atoms with Gasteiger partial charge in [-0.3, -0.25) is 14.2 Å². The van der Waals surface area contributed by atoms with E-state index in [1.807, 2.05) is 33.3 Å². The maximum atomic E-state index is 12.7. The molecule has 10 nitrogen and oxygen atoms in total. The smallest absolute Gasteiger partial charge is 0.306 e. The predicted octanol–water partition coefficient (Wildman–Crippen LogP) is 10.7. The normalized spacial score (nSPS) is 15.2. The summed E-state index contributed by atoms with van der Waals surface area (Å²) >= 11 is 0. The van der Waals surface area contributed by atoms with Crippen molar-refractivity contribution in [2.24, 2.45) is 0 Å². The third-order valence-electron chi connectivity index (χ3n) is 8.39. The standard InChI is InChI=1S/C48H78NO9P/c1-6-8-10-12-14-16-18-20-21-22-23-25-27-29-31-33-35-39-48(52)58-46(44-57-59(53,54)56-42-41-49(3,4)5)43-55-47(51)40-36-38-45(50)37-34-32-30-28-26-24-19-17-15-13-11-9-7-2/h8-11,14-17,20-21,23-26,30,32,34,37,45-46,50H,6-7,12-13,18-19,22,27-29,31,33,35-36,38-44H2,1-5H3/b10-8-,11-9-,16-14-,17-15-,21-20-,25-23-,26-24-,32-30-,37-34+/t45?,46-/m1/s1. The van der Waals surface area contributed by atoms with Crippen LogP contribution < -0.4 is 4.89 Å². The number of phosphoric acid groups is 1. The third kappa shape index (κ3) is 42.6. The molecule has 2 unspecified atom stereocenters. The highest BCUT2D eigenvalue weighted by Crippen LogP contribution is 2.38. The molecule has 0 aliphatic heterocycles. The number of rotatable bonds is 37. The molecule has 0 aromatic heterocycles. The Morgan fingerprint density at radius 1 is 0.627 bits per heavy atom. The third-order valence-corrected chi connectivity index (χ3v) is 9.36. The fourth-order valence-electron chi connectivity index (χ4n) is 5.02. The van der Waals surface area contributed by atoms with Crippen molar-refractivity contribution in [3.8, 4) is 0 Å². The first kappa shape index (κ1) is 55.6. The molecule has 0 aliphatic carbocycles. The summed E-state index contributed by atoms with van der Waals surface area (Å²) in [4.78, 5) is 37.6. The molecule has 11 heteroatoms. The second-order valence-corrected chi connectivity index (χ2v) is 16.6. The Balaban J connectivity index is 4.63. The lowest BCUT2D eigenvalue weighted by molar-refractivity contribution is -0.870. The van der Waals surface area contributed by atoms with E-state index in [1.54, 1.807) is 12.2 Å². The molecule has 334 valence electrons. The van der Waals surface area contributed by atoms with Gasteiger partial charge in [-0.25, -0.2) is 0 Å². The molecule has 0 saturated heterocycles. The second kappa shape index (κ2) is 38.8. The van der Waals surface area contributed by atoms with E-state index in [-0.39, 0.29) is 26.1 Å². The van der Waals surface area contributed by atoms with Crippen LogP contribution in [0.25, 0.3) is 0 Å². The van der Waals surface area contributed by atoms with Crippen molar-refractivity contribution < 1.29 is 47.2 Å². The van der Waals surface area contributed by atoms with Gasteiger partial charge in [0, 0.05) is 12.8 Å². The maximum Gasteiger partial charge on any atom is 0.306 e. The minimum atomic E-state index is -4.69. The molecule has 0 amide bonds. The Bertz CT molecular complexity index is 1380. The number of allylic oxidation sites excluding steroid dienone is 17. The molecular weight excluding hydrogens is 765 g/mol. The molecule has 0 radical (unpaired) electrons. The highest BCUT2D eigenvalue weighted by Gasteiger charge is 2.21. The first-order valence-corrected chi connectivity index (χ1v) is 23.2. The van der Waals surface area contributed by atoms with Crippen LogP contribution in [0.5, 0.6) is 0 Å². The molecule has 0 saturated carbocycles. The van der Waals surface area contributed by atoms with E-state index in [9.17, 15) is 24.2 Å². The van der Waals surface area contributed by atoms with Crippen LogP contribution in [0, 0.1) is 0 Å². The van der Waals surface area contributed by atoms with E-state index >= 15 is 0 Å². The SMILES string of the molecule is CC/C=C\C/C=C\C/C=C\C/C=C\C=C\C(O)CCCC(=O)OC[C@H](COP(=O)([O-])OCC[N+](C)(C)C)OC(=O)CCCCCC/C=C\C/C=C\C/C=C\C/C=C\CC. The summed E-state index contributed by atoms with van der Waals surface area (Å²) in [7, 11) is 1.02. The number of phosphoric ester groups is 1. The van der Waals surface area contributed by atoms with E-state index in [4.69, 9.17) is 18.5 Å². The molecule has 0 aliphatic rings. The lowest BCUT2D eigenvalue weighted by Crippen LogP contribution is -2.37. The van der Waals surface area contributed by atoms with Crippen LogP contribution in [-0.2, 0) is 32.7 Å². The lowest BCUT2D eigenvalue weighted by atomic mass is 10.1. The van der Waals surface area contributed by atoms with Gasteiger partial charge in [0.15, 0.2) is 6.10 Å². The Labute approximate surface area is 358 Å². The number of esters is 2. The van der Waals surface area contributed by atoms with Crippen LogP contribution in [0.3, 0.4) is 0 Å². The average Bonchev–Trinajstić information content (AvgIpc) is 3.18. The molecule has 0 rings (SSSR count). The van der Waals surface area contributed by atoms with E-state index < -0.39 is 38.6 Å². The van der Waals surface area contributed by atoms with E-state index in [2.05, 4.69) is 98.9 Å². The highest BCUT2D eigenvalue weighted by molar-refractivity contribution is 7.45. The molecule has 59 heavy (non-hydrogen) atoms. The molecular formula is C48H78NO9P. The molecule has 0 aromatic carbocycles. The van der Waals surface area contributed by atoms with Gasteiger partial charge < -0.3 is 33.0 Å². The molecule has 3 atom stereocenters. The van der Waals surface area contributed by atoms with Gasteiger partial charge in [0.25, 0.3) is 7.82 Å². The zero-order valence-electron chi connectivity index (χ0n) is 37.0. The van der Waals surface area contributed by atoms with Crippen molar-refractivity contribution in [1.29, 1.82) is 0 Å². The number of ether oxygens (including phenoxy) is 2. The average molecular weight is 844 g/mol. The van der Waals surface area contributed by atoms with Gasteiger partial charge in [0.1, 0.15) is 19.8 Å².